The number of hydrogen-bond acceptors (Lipinski definition) is 4. The summed E-state index contributed by atoms with van der Waals surface area (Å²) in [6.07, 6.45) is -2.51. The third kappa shape index (κ3) is 4.63. The summed E-state index contributed by atoms with van der Waals surface area (Å²) in [5, 5.41) is 0. The summed E-state index contributed by atoms with van der Waals surface area (Å²) >= 11 is 0. The molecule has 0 spiro atoms. The van der Waals surface area contributed by atoms with Crippen LogP contribution < -0.4 is 4.90 Å². The quantitative estimate of drug-likeness (QED) is 0.588. The van der Waals surface area contributed by atoms with Gasteiger partial charge < -0.3 is 9.69 Å². The van der Waals surface area contributed by atoms with Crippen LogP contribution in [0.15, 0.2) is 42.6 Å². The van der Waals surface area contributed by atoms with Crippen molar-refractivity contribution in [2.75, 3.05) is 37.6 Å². The first-order valence-electron chi connectivity index (χ1n) is 8.59. The second kappa shape index (κ2) is 8.04. The monoisotopic (exact) mass is 381 g/mol. The maximum atomic E-state index is 13.9. The number of carbonyl (C=O) groups excluding carboxylic acids is 1. The van der Waals surface area contributed by atoms with Gasteiger partial charge in [-0.25, -0.2) is 9.37 Å². The summed E-state index contributed by atoms with van der Waals surface area (Å²) in [5.41, 5.74) is -0.370. The molecule has 1 fully saturated rings. The first-order valence-corrected chi connectivity index (χ1v) is 8.59. The minimum Gasteiger partial charge on any atom is -0.354 e. The van der Waals surface area contributed by atoms with Gasteiger partial charge in [0.1, 0.15) is 17.9 Å². The van der Waals surface area contributed by atoms with Crippen LogP contribution in [0, 0.1) is 5.82 Å². The fourth-order valence-electron chi connectivity index (χ4n) is 3.20. The second-order valence-electron chi connectivity index (χ2n) is 6.45. The molecule has 1 aromatic heterocycles. The van der Waals surface area contributed by atoms with Crippen LogP contribution in [-0.4, -0.2) is 48.9 Å². The Morgan fingerprint density at radius 2 is 1.81 bits per heavy atom. The Bertz CT molecular complexity index is 789. The van der Waals surface area contributed by atoms with E-state index in [9.17, 15) is 22.4 Å². The first kappa shape index (κ1) is 19.3. The van der Waals surface area contributed by atoms with Crippen molar-refractivity contribution in [3.05, 3.63) is 59.5 Å². The van der Waals surface area contributed by atoms with Gasteiger partial charge in [-0.2, -0.15) is 13.2 Å². The van der Waals surface area contributed by atoms with Gasteiger partial charge >= 0.3 is 6.18 Å². The Morgan fingerprint density at radius 3 is 2.44 bits per heavy atom. The highest BCUT2D eigenvalue weighted by molar-refractivity contribution is 5.62. The third-order valence-electron chi connectivity index (χ3n) is 4.69. The standard InChI is InChI=1S/C19H19F4N3O/c20-17-4-2-1-3-16(17)14(13-27)12-25-7-9-26(10-8-25)18-11-15(5-6-24-18)19(21,22)23/h1-6,11,13-14H,7-10,12H2. The van der Waals surface area contributed by atoms with Gasteiger partial charge in [0.05, 0.1) is 11.5 Å². The van der Waals surface area contributed by atoms with Crippen LogP contribution in [0.2, 0.25) is 0 Å². The van der Waals surface area contributed by atoms with Gasteiger partial charge in [-0.1, -0.05) is 18.2 Å². The number of hydrogen-bond donors (Lipinski definition) is 0. The van der Waals surface area contributed by atoms with E-state index in [-0.39, 0.29) is 5.82 Å². The summed E-state index contributed by atoms with van der Waals surface area (Å²) in [5.74, 6) is -0.712. The normalized spacial score (nSPS) is 17.0. The van der Waals surface area contributed by atoms with E-state index in [1.165, 1.54) is 6.07 Å². The van der Waals surface area contributed by atoms with Crippen molar-refractivity contribution < 1.29 is 22.4 Å². The fourth-order valence-corrected chi connectivity index (χ4v) is 3.20. The number of aromatic nitrogens is 1. The average molecular weight is 381 g/mol. The van der Waals surface area contributed by atoms with Crippen molar-refractivity contribution in [2.24, 2.45) is 0 Å². The van der Waals surface area contributed by atoms with Crippen LogP contribution in [-0.2, 0) is 11.0 Å². The van der Waals surface area contributed by atoms with Crippen molar-refractivity contribution in [3.63, 3.8) is 0 Å². The van der Waals surface area contributed by atoms with E-state index in [0.717, 1.165) is 24.6 Å². The van der Waals surface area contributed by atoms with Crippen molar-refractivity contribution >= 4 is 12.1 Å². The van der Waals surface area contributed by atoms with Crippen LogP contribution >= 0.6 is 0 Å². The molecule has 2 aromatic rings. The number of piperazine rings is 1. The van der Waals surface area contributed by atoms with Crippen molar-refractivity contribution in [2.45, 2.75) is 12.1 Å². The predicted octanol–water partition coefficient (Wildman–Crippen LogP) is 3.34. The number of rotatable bonds is 5. The zero-order valence-corrected chi connectivity index (χ0v) is 14.5. The van der Waals surface area contributed by atoms with Gasteiger partial charge in [0.2, 0.25) is 0 Å². The number of anilines is 1. The number of halogens is 4. The Morgan fingerprint density at radius 1 is 1.11 bits per heavy atom. The second-order valence-corrected chi connectivity index (χ2v) is 6.45. The molecule has 144 valence electrons. The lowest BCUT2D eigenvalue weighted by Gasteiger charge is -2.36. The summed E-state index contributed by atoms with van der Waals surface area (Å²) in [6, 6.07) is 8.17. The largest absolute Gasteiger partial charge is 0.416 e. The molecule has 0 aliphatic carbocycles. The molecule has 4 nitrogen and oxygen atoms in total. The van der Waals surface area contributed by atoms with Gasteiger partial charge in [-0.05, 0) is 23.8 Å². The highest BCUT2D eigenvalue weighted by Gasteiger charge is 2.31. The smallest absolute Gasteiger partial charge is 0.354 e. The highest BCUT2D eigenvalue weighted by Crippen LogP contribution is 2.31. The van der Waals surface area contributed by atoms with E-state index in [1.54, 1.807) is 23.1 Å². The molecule has 3 rings (SSSR count). The molecule has 0 saturated carbocycles. The zero-order valence-electron chi connectivity index (χ0n) is 14.5. The molecule has 1 atom stereocenters. The predicted molar refractivity (Wildman–Crippen MR) is 93.1 cm³/mol. The lowest BCUT2D eigenvalue weighted by molar-refractivity contribution is -0.137. The minimum atomic E-state index is -4.41. The number of nitrogens with zero attached hydrogens (tertiary/aromatic N) is 3. The number of aldehydes is 1. The van der Waals surface area contributed by atoms with E-state index in [2.05, 4.69) is 4.98 Å². The van der Waals surface area contributed by atoms with E-state index in [1.807, 2.05) is 4.90 Å². The van der Waals surface area contributed by atoms with Gasteiger partial charge in [-0.15, -0.1) is 0 Å². The lowest BCUT2D eigenvalue weighted by atomic mass is 9.99. The molecular formula is C19H19F4N3O. The maximum Gasteiger partial charge on any atom is 0.416 e. The van der Waals surface area contributed by atoms with Gasteiger partial charge in [-0.3, -0.25) is 4.90 Å². The fraction of sp³-hybridized carbons (Fsp3) is 0.368. The Labute approximate surface area is 154 Å². The van der Waals surface area contributed by atoms with E-state index >= 15 is 0 Å². The molecule has 0 N–H and O–H groups in total. The first-order chi connectivity index (χ1) is 12.9. The molecule has 0 radical (unpaired) electrons. The number of carbonyl (C=O) groups is 1. The molecule has 1 aliphatic rings. The summed E-state index contributed by atoms with van der Waals surface area (Å²) in [6.45, 7) is 2.44. The summed E-state index contributed by atoms with van der Waals surface area (Å²) in [7, 11) is 0. The third-order valence-corrected chi connectivity index (χ3v) is 4.69. The molecule has 2 heterocycles. The number of pyridine rings is 1. The molecule has 1 saturated heterocycles. The molecule has 1 aromatic carbocycles. The van der Waals surface area contributed by atoms with Crippen LogP contribution in [0.4, 0.5) is 23.4 Å². The van der Waals surface area contributed by atoms with E-state index in [4.69, 9.17) is 0 Å². The van der Waals surface area contributed by atoms with Crippen LogP contribution in [0.25, 0.3) is 0 Å². The Hall–Kier alpha value is -2.48. The number of benzene rings is 1. The summed E-state index contributed by atoms with van der Waals surface area (Å²) in [4.78, 5) is 19.3. The number of alkyl halides is 3. The van der Waals surface area contributed by atoms with Crippen molar-refractivity contribution in [1.82, 2.24) is 9.88 Å². The lowest BCUT2D eigenvalue weighted by Crippen LogP contribution is -2.48. The van der Waals surface area contributed by atoms with Crippen molar-refractivity contribution in [3.8, 4) is 0 Å². The summed E-state index contributed by atoms with van der Waals surface area (Å²) < 4.78 is 52.5. The maximum absolute atomic E-state index is 13.9. The van der Waals surface area contributed by atoms with Gasteiger partial charge in [0, 0.05) is 38.9 Å². The average Bonchev–Trinajstić information content (AvgIpc) is 2.67. The molecule has 1 unspecified atom stereocenters. The SMILES string of the molecule is O=CC(CN1CCN(c2cc(C(F)(F)F)ccn2)CC1)c1ccccc1F. The molecule has 27 heavy (non-hydrogen) atoms. The van der Waals surface area contributed by atoms with Crippen LogP contribution in [0.5, 0.6) is 0 Å². The van der Waals surface area contributed by atoms with E-state index in [0.29, 0.717) is 38.3 Å². The molecule has 0 amide bonds. The molecular weight excluding hydrogens is 362 g/mol. The van der Waals surface area contributed by atoms with Crippen LogP contribution in [0.1, 0.15) is 17.0 Å². The van der Waals surface area contributed by atoms with Gasteiger partial charge in [0.25, 0.3) is 0 Å². The van der Waals surface area contributed by atoms with Gasteiger partial charge in [0.15, 0.2) is 0 Å². The molecule has 1 aliphatic heterocycles. The Balaban J connectivity index is 1.62. The molecule has 0 bridgehead atoms. The van der Waals surface area contributed by atoms with E-state index < -0.39 is 23.5 Å². The highest BCUT2D eigenvalue weighted by atomic mass is 19.4. The zero-order chi connectivity index (χ0) is 19.4. The van der Waals surface area contributed by atoms with Crippen molar-refractivity contribution in [1.29, 1.82) is 0 Å². The molecule has 8 heteroatoms. The minimum absolute atomic E-state index is 0.283. The van der Waals surface area contributed by atoms with Crippen LogP contribution in [0.3, 0.4) is 0 Å². The topological polar surface area (TPSA) is 36.4 Å². The Kier molecular flexibility index (Phi) is 5.74.